The van der Waals surface area contributed by atoms with Crippen molar-refractivity contribution in [3.63, 3.8) is 0 Å². The molecule has 0 unspecified atom stereocenters. The van der Waals surface area contributed by atoms with Crippen LogP contribution in [-0.2, 0) is 9.53 Å². The highest BCUT2D eigenvalue weighted by Crippen LogP contribution is 2.06. The van der Waals surface area contributed by atoms with Gasteiger partial charge < -0.3 is 15.4 Å². The minimum Gasteiger partial charge on any atom is -0.382 e. The monoisotopic (exact) mass is 214 g/mol. The third-order valence-electron chi connectivity index (χ3n) is 2.60. The molecule has 1 atom stereocenters. The van der Waals surface area contributed by atoms with Gasteiger partial charge in [-0.25, -0.2) is 0 Å². The molecule has 1 fully saturated rings. The number of amides is 1. The van der Waals surface area contributed by atoms with Crippen LogP contribution in [0.3, 0.4) is 0 Å². The fourth-order valence-electron chi connectivity index (χ4n) is 1.73. The van der Waals surface area contributed by atoms with E-state index in [2.05, 4.69) is 10.6 Å². The van der Waals surface area contributed by atoms with E-state index in [-0.39, 0.29) is 11.9 Å². The zero-order valence-corrected chi connectivity index (χ0v) is 9.55. The first-order valence-electron chi connectivity index (χ1n) is 5.93. The first kappa shape index (κ1) is 12.5. The molecule has 15 heavy (non-hydrogen) atoms. The van der Waals surface area contributed by atoms with Gasteiger partial charge in [0, 0.05) is 19.8 Å². The molecule has 1 saturated heterocycles. The molecule has 4 nitrogen and oxygen atoms in total. The van der Waals surface area contributed by atoms with Gasteiger partial charge in [0.05, 0.1) is 6.04 Å². The lowest BCUT2D eigenvalue weighted by molar-refractivity contribution is -0.123. The van der Waals surface area contributed by atoms with Gasteiger partial charge in [-0.1, -0.05) is 6.42 Å². The van der Waals surface area contributed by atoms with Crippen LogP contribution in [0.4, 0.5) is 0 Å². The van der Waals surface area contributed by atoms with Crippen LogP contribution >= 0.6 is 0 Å². The number of carbonyl (C=O) groups is 1. The van der Waals surface area contributed by atoms with Crippen molar-refractivity contribution in [3.8, 4) is 0 Å². The number of hydrogen-bond donors (Lipinski definition) is 2. The zero-order chi connectivity index (χ0) is 10.9. The molecular weight excluding hydrogens is 192 g/mol. The molecule has 1 aliphatic heterocycles. The van der Waals surface area contributed by atoms with E-state index in [0.717, 1.165) is 45.6 Å². The van der Waals surface area contributed by atoms with Crippen LogP contribution in [0, 0.1) is 0 Å². The summed E-state index contributed by atoms with van der Waals surface area (Å²) in [5.74, 6) is 0.145. The van der Waals surface area contributed by atoms with Crippen molar-refractivity contribution in [1.29, 1.82) is 0 Å². The first-order chi connectivity index (χ1) is 7.34. The number of rotatable bonds is 6. The normalized spacial score (nSPS) is 21.3. The molecule has 0 aromatic heterocycles. The predicted molar refractivity (Wildman–Crippen MR) is 59.8 cm³/mol. The van der Waals surface area contributed by atoms with E-state index < -0.39 is 0 Å². The minimum atomic E-state index is 0.0332. The van der Waals surface area contributed by atoms with E-state index in [0.29, 0.717) is 0 Å². The fraction of sp³-hybridized carbons (Fsp3) is 0.909. The second kappa shape index (κ2) is 7.65. The Balaban J connectivity index is 2.02. The molecule has 2 N–H and O–H groups in total. The average molecular weight is 214 g/mol. The van der Waals surface area contributed by atoms with Gasteiger partial charge in [-0.2, -0.15) is 0 Å². The highest BCUT2D eigenvalue weighted by atomic mass is 16.5. The van der Waals surface area contributed by atoms with Crippen molar-refractivity contribution < 1.29 is 9.53 Å². The van der Waals surface area contributed by atoms with E-state index in [4.69, 9.17) is 4.74 Å². The van der Waals surface area contributed by atoms with Crippen LogP contribution in [0.1, 0.15) is 32.6 Å². The van der Waals surface area contributed by atoms with Gasteiger partial charge in [-0.15, -0.1) is 0 Å². The molecule has 0 aliphatic carbocycles. The van der Waals surface area contributed by atoms with Gasteiger partial charge in [0.1, 0.15) is 0 Å². The molecule has 0 radical (unpaired) electrons. The number of nitrogens with one attached hydrogen (secondary N) is 2. The second-order valence-corrected chi connectivity index (χ2v) is 3.84. The molecule has 1 heterocycles. The standard InChI is InChI=1S/C11H22N2O2/c1-2-15-9-5-8-13-11(14)10-6-3-4-7-12-10/h10,12H,2-9H2,1H3,(H,13,14)/t10-/m1/s1. The molecule has 1 amide bonds. The maximum Gasteiger partial charge on any atom is 0.237 e. The smallest absolute Gasteiger partial charge is 0.237 e. The third-order valence-corrected chi connectivity index (χ3v) is 2.60. The van der Waals surface area contributed by atoms with Crippen molar-refractivity contribution in [2.24, 2.45) is 0 Å². The molecule has 1 aliphatic rings. The van der Waals surface area contributed by atoms with Crippen molar-refractivity contribution in [2.75, 3.05) is 26.3 Å². The van der Waals surface area contributed by atoms with Crippen LogP contribution in [0.5, 0.6) is 0 Å². The van der Waals surface area contributed by atoms with Gasteiger partial charge in [0.25, 0.3) is 0 Å². The SMILES string of the molecule is CCOCCCNC(=O)[C@H]1CCCCN1. The summed E-state index contributed by atoms with van der Waals surface area (Å²) in [6.07, 6.45) is 4.21. The van der Waals surface area contributed by atoms with E-state index in [1.54, 1.807) is 0 Å². The third kappa shape index (κ3) is 5.14. The summed E-state index contributed by atoms with van der Waals surface area (Å²) < 4.78 is 5.19. The minimum absolute atomic E-state index is 0.0332. The lowest BCUT2D eigenvalue weighted by Gasteiger charge is -2.22. The Morgan fingerprint density at radius 3 is 3.07 bits per heavy atom. The lowest BCUT2D eigenvalue weighted by Crippen LogP contribution is -2.46. The van der Waals surface area contributed by atoms with Crippen molar-refractivity contribution in [2.45, 2.75) is 38.6 Å². The summed E-state index contributed by atoms with van der Waals surface area (Å²) in [5, 5.41) is 6.16. The Kier molecular flexibility index (Phi) is 6.36. The van der Waals surface area contributed by atoms with Gasteiger partial charge in [0.15, 0.2) is 0 Å². The quantitative estimate of drug-likeness (QED) is 0.639. The van der Waals surface area contributed by atoms with Crippen molar-refractivity contribution in [1.82, 2.24) is 10.6 Å². The van der Waals surface area contributed by atoms with Crippen LogP contribution in [0.2, 0.25) is 0 Å². The van der Waals surface area contributed by atoms with Gasteiger partial charge in [-0.3, -0.25) is 4.79 Å². The molecule has 0 bridgehead atoms. The van der Waals surface area contributed by atoms with E-state index in [1.807, 2.05) is 6.92 Å². The number of hydrogen-bond acceptors (Lipinski definition) is 3. The molecule has 0 aromatic rings. The largest absolute Gasteiger partial charge is 0.382 e. The summed E-state index contributed by atoms with van der Waals surface area (Å²) in [6.45, 7) is 5.14. The Morgan fingerprint density at radius 2 is 2.40 bits per heavy atom. The Bertz CT molecular complexity index is 179. The molecule has 0 aromatic carbocycles. The van der Waals surface area contributed by atoms with Crippen molar-refractivity contribution in [3.05, 3.63) is 0 Å². The van der Waals surface area contributed by atoms with Crippen LogP contribution in [0.25, 0.3) is 0 Å². The van der Waals surface area contributed by atoms with Gasteiger partial charge in [-0.05, 0) is 32.7 Å². The van der Waals surface area contributed by atoms with Crippen molar-refractivity contribution >= 4 is 5.91 Å². The summed E-state index contributed by atoms with van der Waals surface area (Å²) in [5.41, 5.74) is 0. The topological polar surface area (TPSA) is 50.4 Å². The lowest BCUT2D eigenvalue weighted by atomic mass is 10.0. The molecule has 88 valence electrons. The Morgan fingerprint density at radius 1 is 1.53 bits per heavy atom. The molecular formula is C11H22N2O2. The molecule has 0 saturated carbocycles. The Labute approximate surface area is 91.8 Å². The average Bonchev–Trinajstić information content (AvgIpc) is 2.30. The number of carbonyl (C=O) groups excluding carboxylic acids is 1. The first-order valence-corrected chi connectivity index (χ1v) is 5.93. The van der Waals surface area contributed by atoms with E-state index in [1.165, 1.54) is 6.42 Å². The number of piperidine rings is 1. The maximum atomic E-state index is 11.6. The Hall–Kier alpha value is -0.610. The van der Waals surface area contributed by atoms with Crippen LogP contribution in [0.15, 0.2) is 0 Å². The fourth-order valence-corrected chi connectivity index (χ4v) is 1.73. The summed E-state index contributed by atoms with van der Waals surface area (Å²) in [4.78, 5) is 11.6. The van der Waals surface area contributed by atoms with E-state index >= 15 is 0 Å². The highest BCUT2D eigenvalue weighted by Gasteiger charge is 2.19. The molecule has 0 spiro atoms. The summed E-state index contributed by atoms with van der Waals surface area (Å²) in [6, 6.07) is 0.0332. The van der Waals surface area contributed by atoms with E-state index in [9.17, 15) is 4.79 Å². The molecule has 1 rings (SSSR count). The number of ether oxygens (including phenoxy) is 1. The maximum absolute atomic E-state index is 11.6. The van der Waals surface area contributed by atoms with Gasteiger partial charge >= 0.3 is 0 Å². The predicted octanol–water partition coefficient (Wildman–Crippen LogP) is 0.671. The van der Waals surface area contributed by atoms with Crippen LogP contribution in [-0.4, -0.2) is 38.3 Å². The van der Waals surface area contributed by atoms with Gasteiger partial charge in [0.2, 0.25) is 5.91 Å². The molecule has 4 heteroatoms. The zero-order valence-electron chi connectivity index (χ0n) is 9.55. The second-order valence-electron chi connectivity index (χ2n) is 3.84. The summed E-state index contributed by atoms with van der Waals surface area (Å²) in [7, 11) is 0. The highest BCUT2D eigenvalue weighted by molar-refractivity contribution is 5.81. The van der Waals surface area contributed by atoms with Crippen LogP contribution < -0.4 is 10.6 Å². The summed E-state index contributed by atoms with van der Waals surface area (Å²) >= 11 is 0.